The van der Waals surface area contributed by atoms with Crippen LogP contribution in [0.2, 0.25) is 5.02 Å². The van der Waals surface area contributed by atoms with Gasteiger partial charge < -0.3 is 5.32 Å². The van der Waals surface area contributed by atoms with Gasteiger partial charge in [0.2, 0.25) is 0 Å². The number of halogens is 2. The smallest absolute Gasteiger partial charge is 0.255 e. The first kappa shape index (κ1) is 14.7. The number of nitrogens with one attached hydrogen (secondary N) is 1. The number of hydrogen-bond acceptors (Lipinski definition) is 2. The van der Waals surface area contributed by atoms with Crippen LogP contribution in [0.25, 0.3) is 0 Å². The quantitative estimate of drug-likeness (QED) is 0.582. The normalized spacial score (nSPS) is 10.3. The van der Waals surface area contributed by atoms with Crippen molar-refractivity contribution in [2.24, 2.45) is 0 Å². The van der Waals surface area contributed by atoms with Crippen LogP contribution in [0.15, 0.2) is 47.4 Å². The first-order valence-electron chi connectivity index (χ1n) is 5.50. The van der Waals surface area contributed by atoms with E-state index in [9.17, 15) is 4.79 Å². The van der Waals surface area contributed by atoms with Crippen LogP contribution in [-0.4, -0.2) is 12.2 Å². The fourth-order valence-corrected chi connectivity index (χ4v) is 2.84. The Morgan fingerprint density at radius 2 is 1.89 bits per heavy atom. The molecule has 0 saturated heterocycles. The molecule has 5 heteroatoms. The first-order chi connectivity index (χ1) is 9.10. The summed E-state index contributed by atoms with van der Waals surface area (Å²) >= 11 is 9.91. The molecule has 0 aliphatic heterocycles. The van der Waals surface area contributed by atoms with Gasteiger partial charge in [0, 0.05) is 14.0 Å². The summed E-state index contributed by atoms with van der Waals surface area (Å²) in [5.74, 6) is -0.157. The Labute approximate surface area is 135 Å². The molecule has 0 saturated carbocycles. The number of anilines is 1. The van der Waals surface area contributed by atoms with E-state index in [2.05, 4.69) is 27.9 Å². The summed E-state index contributed by atoms with van der Waals surface area (Å²) in [6, 6.07) is 13.0. The molecule has 2 rings (SSSR count). The average Bonchev–Trinajstić information content (AvgIpc) is 2.42. The van der Waals surface area contributed by atoms with Crippen molar-refractivity contribution in [3.05, 3.63) is 56.6 Å². The van der Waals surface area contributed by atoms with Gasteiger partial charge in [0.05, 0.1) is 10.7 Å². The third kappa shape index (κ3) is 3.87. The van der Waals surface area contributed by atoms with Gasteiger partial charge in [0.25, 0.3) is 5.91 Å². The lowest BCUT2D eigenvalue weighted by atomic mass is 10.2. The van der Waals surface area contributed by atoms with E-state index in [4.69, 9.17) is 11.6 Å². The predicted octanol–water partition coefficient (Wildman–Crippen LogP) is 4.92. The number of rotatable bonds is 3. The number of thioether (sulfide) groups is 1. The number of amides is 1. The maximum absolute atomic E-state index is 12.1. The lowest BCUT2D eigenvalue weighted by Crippen LogP contribution is -2.12. The van der Waals surface area contributed by atoms with Crippen molar-refractivity contribution < 1.29 is 4.79 Å². The third-order valence-electron chi connectivity index (χ3n) is 2.53. The van der Waals surface area contributed by atoms with Crippen LogP contribution in [0.5, 0.6) is 0 Å². The van der Waals surface area contributed by atoms with Crippen LogP contribution in [0.4, 0.5) is 5.69 Å². The van der Waals surface area contributed by atoms with Crippen LogP contribution >= 0.6 is 46.0 Å². The molecule has 1 N–H and O–H groups in total. The highest BCUT2D eigenvalue weighted by Gasteiger charge is 2.08. The van der Waals surface area contributed by atoms with Crippen LogP contribution < -0.4 is 5.32 Å². The molecule has 0 spiro atoms. The van der Waals surface area contributed by atoms with Gasteiger partial charge in [0.15, 0.2) is 0 Å². The molecule has 0 fully saturated rings. The molecule has 0 aliphatic carbocycles. The second-order valence-electron chi connectivity index (χ2n) is 3.81. The maximum atomic E-state index is 12.1. The summed E-state index contributed by atoms with van der Waals surface area (Å²) in [6.45, 7) is 0. The van der Waals surface area contributed by atoms with Crippen molar-refractivity contribution in [2.75, 3.05) is 11.6 Å². The molecule has 0 heterocycles. The second kappa shape index (κ2) is 6.63. The minimum absolute atomic E-state index is 0.157. The summed E-state index contributed by atoms with van der Waals surface area (Å²) in [5.41, 5.74) is 1.24. The lowest BCUT2D eigenvalue weighted by molar-refractivity contribution is 0.102. The van der Waals surface area contributed by atoms with Crippen LogP contribution in [-0.2, 0) is 0 Å². The van der Waals surface area contributed by atoms with Gasteiger partial charge in [-0.3, -0.25) is 4.79 Å². The minimum atomic E-state index is -0.157. The van der Waals surface area contributed by atoms with Crippen molar-refractivity contribution >= 4 is 57.5 Å². The van der Waals surface area contributed by atoms with E-state index in [0.717, 1.165) is 8.47 Å². The summed E-state index contributed by atoms with van der Waals surface area (Å²) in [7, 11) is 0. The molecule has 0 aliphatic rings. The zero-order valence-electron chi connectivity index (χ0n) is 10.1. The molecule has 0 atom stereocenters. The van der Waals surface area contributed by atoms with Crippen molar-refractivity contribution in [3.63, 3.8) is 0 Å². The van der Waals surface area contributed by atoms with Gasteiger partial charge in [-0.25, -0.2) is 0 Å². The molecule has 19 heavy (non-hydrogen) atoms. The van der Waals surface area contributed by atoms with Crippen LogP contribution in [0, 0.1) is 3.57 Å². The predicted molar refractivity (Wildman–Crippen MR) is 90.3 cm³/mol. The van der Waals surface area contributed by atoms with E-state index < -0.39 is 0 Å². The molecule has 0 unspecified atom stereocenters. The topological polar surface area (TPSA) is 29.1 Å². The summed E-state index contributed by atoms with van der Waals surface area (Å²) < 4.78 is 1.03. The summed E-state index contributed by atoms with van der Waals surface area (Å²) in [5, 5.41) is 3.35. The van der Waals surface area contributed by atoms with Crippen LogP contribution in [0.3, 0.4) is 0 Å². The summed E-state index contributed by atoms with van der Waals surface area (Å²) in [4.78, 5) is 13.2. The number of carbonyl (C=O) groups is 1. The largest absolute Gasteiger partial charge is 0.321 e. The zero-order chi connectivity index (χ0) is 13.8. The molecule has 1 amide bonds. The van der Waals surface area contributed by atoms with Gasteiger partial charge in [-0.05, 0) is 71.3 Å². The van der Waals surface area contributed by atoms with Crippen molar-refractivity contribution in [3.8, 4) is 0 Å². The van der Waals surface area contributed by atoms with Gasteiger partial charge in [-0.15, -0.1) is 11.8 Å². The monoisotopic (exact) mass is 403 g/mol. The Morgan fingerprint density at radius 3 is 2.47 bits per heavy atom. The van der Waals surface area contributed by atoms with E-state index in [1.807, 2.05) is 42.7 Å². The van der Waals surface area contributed by atoms with Gasteiger partial charge in [0.1, 0.15) is 0 Å². The van der Waals surface area contributed by atoms with Crippen molar-refractivity contribution in [1.82, 2.24) is 0 Å². The molecule has 2 nitrogen and oxygen atoms in total. The van der Waals surface area contributed by atoms with E-state index >= 15 is 0 Å². The minimum Gasteiger partial charge on any atom is -0.321 e. The maximum Gasteiger partial charge on any atom is 0.255 e. The second-order valence-corrected chi connectivity index (χ2v) is 6.34. The van der Waals surface area contributed by atoms with Gasteiger partial charge >= 0.3 is 0 Å². The highest BCUT2D eigenvalue weighted by atomic mass is 127. The Balaban J connectivity index is 2.15. The van der Waals surface area contributed by atoms with E-state index in [1.54, 1.807) is 17.8 Å². The SMILES string of the molecule is CSc1ccc(C(=O)Nc2ccc(I)cc2Cl)cc1. The van der Waals surface area contributed by atoms with E-state index in [1.165, 1.54) is 0 Å². The number of benzene rings is 2. The Kier molecular flexibility index (Phi) is 5.13. The number of carbonyl (C=O) groups excluding carboxylic acids is 1. The molecular weight excluding hydrogens is 393 g/mol. The highest BCUT2D eigenvalue weighted by Crippen LogP contribution is 2.24. The van der Waals surface area contributed by atoms with Crippen LogP contribution in [0.1, 0.15) is 10.4 Å². The fraction of sp³-hybridized carbons (Fsp3) is 0.0714. The van der Waals surface area contributed by atoms with Crippen molar-refractivity contribution in [1.29, 1.82) is 0 Å². The molecule has 98 valence electrons. The third-order valence-corrected chi connectivity index (χ3v) is 4.26. The first-order valence-corrected chi connectivity index (χ1v) is 8.19. The van der Waals surface area contributed by atoms with Gasteiger partial charge in [-0.1, -0.05) is 11.6 Å². The molecule has 2 aromatic carbocycles. The standard InChI is InChI=1S/C14H11ClINOS/c1-19-11-5-2-9(3-6-11)14(18)17-13-7-4-10(16)8-12(13)15/h2-8H,1H3,(H,17,18). The Bertz CT molecular complexity index is 601. The molecule has 0 bridgehead atoms. The Morgan fingerprint density at radius 1 is 1.21 bits per heavy atom. The average molecular weight is 404 g/mol. The molecular formula is C14H11ClINOS. The number of hydrogen-bond donors (Lipinski definition) is 1. The highest BCUT2D eigenvalue weighted by molar-refractivity contribution is 14.1. The zero-order valence-corrected chi connectivity index (χ0v) is 13.8. The molecule has 0 radical (unpaired) electrons. The van der Waals surface area contributed by atoms with E-state index in [-0.39, 0.29) is 5.91 Å². The lowest BCUT2D eigenvalue weighted by Gasteiger charge is -2.08. The Hall–Kier alpha value is -0.720. The van der Waals surface area contributed by atoms with Crippen molar-refractivity contribution in [2.45, 2.75) is 4.90 Å². The summed E-state index contributed by atoms with van der Waals surface area (Å²) in [6.07, 6.45) is 2.00. The fourth-order valence-electron chi connectivity index (χ4n) is 1.53. The molecule has 0 aromatic heterocycles. The van der Waals surface area contributed by atoms with E-state index in [0.29, 0.717) is 16.3 Å². The van der Waals surface area contributed by atoms with Gasteiger partial charge in [-0.2, -0.15) is 0 Å². The molecule has 2 aromatic rings.